The Morgan fingerprint density at radius 2 is 1.06 bits per heavy atom. The van der Waals surface area contributed by atoms with Gasteiger partial charge in [0.15, 0.2) is 0 Å². The molecule has 22 heteroatoms. The first-order valence-corrected chi connectivity index (χ1v) is 15.9. The number of aromatic nitrogens is 8. The van der Waals surface area contributed by atoms with Gasteiger partial charge in [0.2, 0.25) is 0 Å². The predicted molar refractivity (Wildman–Crippen MR) is 171 cm³/mol. The van der Waals surface area contributed by atoms with E-state index in [9.17, 15) is 44.0 Å². The Balaban J connectivity index is 1.54. The summed E-state index contributed by atoms with van der Waals surface area (Å²) in [6.45, 7) is 7.26. The van der Waals surface area contributed by atoms with Crippen LogP contribution in [0.5, 0.6) is 0 Å². The van der Waals surface area contributed by atoms with Gasteiger partial charge in [0, 0.05) is 24.5 Å². The highest BCUT2D eigenvalue weighted by Gasteiger charge is 2.30. The third kappa shape index (κ3) is 5.56. The molecule has 0 unspecified atom stereocenters. The van der Waals surface area contributed by atoms with Crippen molar-refractivity contribution in [1.29, 1.82) is 0 Å². The van der Waals surface area contributed by atoms with E-state index in [2.05, 4.69) is 19.9 Å². The fourth-order valence-electron chi connectivity index (χ4n) is 5.30. The number of imidazole rings is 2. The van der Waals surface area contributed by atoms with Crippen molar-refractivity contribution in [2.45, 2.75) is 27.7 Å². The number of hydrogen-bond acceptors (Lipinski definition) is 13. The molecule has 0 aliphatic carbocycles. The molecule has 6 aromatic rings. The van der Waals surface area contributed by atoms with Crippen LogP contribution in [-0.2, 0) is 4.57 Å². The topological polar surface area (TPSA) is 267 Å². The van der Waals surface area contributed by atoms with Gasteiger partial charge in [-0.3, -0.25) is 48.5 Å². The van der Waals surface area contributed by atoms with Crippen LogP contribution in [0, 0.1) is 47.9 Å². The minimum Gasteiger partial charge on any atom is -0.319 e. The minimum atomic E-state index is -4.77. The fraction of sp³-hybridized carbons (Fsp3) is 0.185. The summed E-state index contributed by atoms with van der Waals surface area (Å²) in [6.07, 6.45) is 2.98. The number of rotatable bonds is 8. The summed E-state index contributed by atoms with van der Waals surface area (Å²) in [7, 11) is -4.77. The summed E-state index contributed by atoms with van der Waals surface area (Å²) in [5.41, 5.74) is -6.73. The number of nitro benzene ring substituents is 2. The Morgan fingerprint density at radius 1 is 0.694 bits per heavy atom. The Bertz CT molecular complexity index is 2530. The van der Waals surface area contributed by atoms with Crippen LogP contribution >= 0.6 is 7.60 Å². The van der Waals surface area contributed by atoms with E-state index in [0.717, 1.165) is 30.9 Å². The predicted octanol–water partition coefficient (Wildman–Crippen LogP) is 1.49. The third-order valence-corrected chi connectivity index (χ3v) is 8.17. The maximum atomic E-state index is 13.9. The van der Waals surface area contributed by atoms with E-state index in [0.29, 0.717) is 23.0 Å². The Kier molecular flexibility index (Phi) is 7.43. The molecule has 2 aromatic carbocycles. The van der Waals surface area contributed by atoms with Crippen LogP contribution in [0.2, 0.25) is 0 Å². The number of aryl methyl sites for hydroxylation is 4. The number of hydrogen-bond donors (Lipinski definition) is 2. The lowest BCUT2D eigenvalue weighted by atomic mass is 10.2. The van der Waals surface area contributed by atoms with Gasteiger partial charge in [-0.15, -0.1) is 9.46 Å². The molecule has 49 heavy (non-hydrogen) atoms. The number of benzene rings is 2. The normalized spacial score (nSPS) is 11.7. The molecule has 0 amide bonds. The lowest BCUT2D eigenvalue weighted by molar-refractivity contribution is -0.384. The van der Waals surface area contributed by atoms with Gasteiger partial charge in [0.1, 0.15) is 34.1 Å². The third-order valence-electron chi connectivity index (χ3n) is 7.26. The van der Waals surface area contributed by atoms with Gasteiger partial charge in [-0.25, -0.2) is 14.5 Å². The van der Waals surface area contributed by atoms with E-state index in [-0.39, 0.29) is 42.9 Å². The molecule has 0 atom stereocenters. The van der Waals surface area contributed by atoms with Gasteiger partial charge in [0.25, 0.3) is 11.4 Å². The molecule has 0 aliphatic rings. The quantitative estimate of drug-likeness (QED) is 0.0991. The summed E-state index contributed by atoms with van der Waals surface area (Å²) >= 11 is 0. The van der Waals surface area contributed by atoms with Crippen LogP contribution in [0.15, 0.2) is 55.8 Å². The molecule has 0 saturated heterocycles. The number of nitro groups is 2. The minimum absolute atomic E-state index is 0.0952. The van der Waals surface area contributed by atoms with Crippen LogP contribution in [0.3, 0.4) is 0 Å². The first-order chi connectivity index (χ1) is 23.0. The summed E-state index contributed by atoms with van der Waals surface area (Å²) in [6, 6.07) is 4.16. The van der Waals surface area contributed by atoms with Gasteiger partial charge in [-0.2, -0.15) is 0 Å². The zero-order valence-electron chi connectivity index (χ0n) is 26.0. The molecule has 0 fully saturated rings. The molecule has 0 radical (unpaired) electrons. The Labute approximate surface area is 270 Å². The van der Waals surface area contributed by atoms with E-state index in [4.69, 9.17) is 9.25 Å². The molecule has 2 N–H and O–H groups in total. The van der Waals surface area contributed by atoms with E-state index in [1.807, 2.05) is 0 Å². The molecule has 0 bridgehead atoms. The van der Waals surface area contributed by atoms with Crippen LogP contribution in [0.25, 0.3) is 33.4 Å². The lowest BCUT2D eigenvalue weighted by Gasteiger charge is -2.19. The second-order valence-corrected chi connectivity index (χ2v) is 12.7. The van der Waals surface area contributed by atoms with Crippen molar-refractivity contribution < 1.29 is 23.7 Å². The lowest BCUT2D eigenvalue weighted by Crippen LogP contribution is -2.42. The number of aromatic amines is 2. The average Bonchev–Trinajstić information content (AvgIpc) is 3.54. The second kappa shape index (κ2) is 11.3. The van der Waals surface area contributed by atoms with Crippen molar-refractivity contribution in [3.63, 3.8) is 0 Å². The highest BCUT2D eigenvalue weighted by atomic mass is 31.2. The van der Waals surface area contributed by atoms with Gasteiger partial charge in [-0.05, 0) is 39.8 Å². The van der Waals surface area contributed by atoms with Crippen molar-refractivity contribution in [3.8, 4) is 11.4 Å². The molecule has 252 valence electrons. The van der Waals surface area contributed by atoms with Crippen LogP contribution in [-0.4, -0.2) is 55.0 Å². The van der Waals surface area contributed by atoms with Gasteiger partial charge in [-0.1, -0.05) is 0 Å². The Morgan fingerprint density at radius 3 is 1.37 bits per heavy atom. The molecule has 6 rings (SSSR count). The SMILES string of the molecule is Cc1cn(-c2cc3c(cc2[N+](=O)[O-])[nH]c(=O)c(=O)n3OP(C)(=O)On2c(=O)c(=O)[nH]c3cc([N+](=O)[O-])c(-n4cc(C)nc4C)cc32)c(C)n1. The van der Waals surface area contributed by atoms with E-state index < -0.39 is 51.1 Å². The molecule has 21 nitrogen and oxygen atoms in total. The van der Waals surface area contributed by atoms with Crippen molar-refractivity contribution in [1.82, 2.24) is 38.5 Å². The summed E-state index contributed by atoms with van der Waals surface area (Å²) in [5, 5.41) is 24.0. The van der Waals surface area contributed by atoms with Crippen LogP contribution in [0.1, 0.15) is 23.0 Å². The van der Waals surface area contributed by atoms with Crippen LogP contribution < -0.4 is 31.5 Å². The number of H-pyrrole nitrogens is 2. The molecule has 0 spiro atoms. The maximum absolute atomic E-state index is 13.9. The molecular formula is C27H23N10O11P. The average molecular weight is 695 g/mol. The number of nitrogens with zero attached hydrogens (tertiary/aromatic N) is 8. The van der Waals surface area contributed by atoms with Crippen LogP contribution in [0.4, 0.5) is 11.4 Å². The molecular weight excluding hydrogens is 671 g/mol. The first kappa shape index (κ1) is 32.3. The summed E-state index contributed by atoms with van der Waals surface area (Å²) in [4.78, 5) is 86.8. The highest BCUT2D eigenvalue weighted by Crippen LogP contribution is 2.38. The zero-order chi connectivity index (χ0) is 35.7. The van der Waals surface area contributed by atoms with Crippen molar-refractivity contribution in [3.05, 3.63) is 121 Å². The van der Waals surface area contributed by atoms with Gasteiger partial charge < -0.3 is 19.2 Å². The molecule has 4 aromatic heterocycles. The molecule has 0 aliphatic heterocycles. The van der Waals surface area contributed by atoms with E-state index in [1.54, 1.807) is 27.7 Å². The van der Waals surface area contributed by atoms with Crippen molar-refractivity contribution in [2.75, 3.05) is 6.66 Å². The largest absolute Gasteiger partial charge is 0.464 e. The maximum Gasteiger partial charge on any atom is 0.464 e. The molecule has 4 heterocycles. The number of nitrogens with one attached hydrogen (secondary N) is 2. The van der Waals surface area contributed by atoms with Crippen molar-refractivity contribution in [2.24, 2.45) is 0 Å². The van der Waals surface area contributed by atoms with E-state index >= 15 is 0 Å². The highest BCUT2D eigenvalue weighted by molar-refractivity contribution is 7.53. The van der Waals surface area contributed by atoms with E-state index in [1.165, 1.54) is 21.5 Å². The summed E-state index contributed by atoms with van der Waals surface area (Å²) < 4.78 is 28.1. The Hall–Kier alpha value is -6.63. The fourth-order valence-corrected chi connectivity index (χ4v) is 6.25. The summed E-state index contributed by atoms with van der Waals surface area (Å²) in [5.74, 6) is 0.676. The monoisotopic (exact) mass is 694 g/mol. The standard InChI is InChI=1S/C27H23N10O11P/c1-12-10-32(14(3)28-12)20-8-18-16(6-22(20)36(42)43)30-24(38)26(40)34(18)47-49(5,46)48-35-19-9-21(33-11-13(2)29-15(33)4)23(37(44)45)7-17(19)31-25(39)27(35)41/h6-11H,1-5H3,(H,30,38)(H,31,39). The smallest absolute Gasteiger partial charge is 0.319 e. The first-order valence-electron chi connectivity index (χ1n) is 13.9. The van der Waals surface area contributed by atoms with Gasteiger partial charge in [0.05, 0.1) is 38.9 Å². The number of fused-ring (bicyclic) bond motifs is 2. The van der Waals surface area contributed by atoms with Crippen molar-refractivity contribution >= 4 is 41.0 Å². The zero-order valence-corrected chi connectivity index (χ0v) is 26.9. The molecule has 0 saturated carbocycles. The second-order valence-electron chi connectivity index (χ2n) is 10.9. The van der Waals surface area contributed by atoms with Gasteiger partial charge >= 0.3 is 29.8 Å².